The second kappa shape index (κ2) is 3.89. The molecule has 2 nitrogen and oxygen atoms in total. The normalized spacial score (nSPS) is 10.2. The Balaban J connectivity index is 2.36. The fourth-order valence-corrected chi connectivity index (χ4v) is 2.20. The molecular formula is C9H9N2S2+. The average molecular weight is 209 g/mol. The van der Waals surface area contributed by atoms with Crippen molar-refractivity contribution in [1.29, 1.82) is 0 Å². The lowest BCUT2D eigenvalue weighted by Crippen LogP contribution is -2.31. The van der Waals surface area contributed by atoms with E-state index in [9.17, 15) is 0 Å². The summed E-state index contributed by atoms with van der Waals surface area (Å²) in [5.41, 5.74) is 3.13. The van der Waals surface area contributed by atoms with Gasteiger partial charge < -0.3 is 0 Å². The number of hydrogen-bond acceptors (Lipinski definition) is 3. The van der Waals surface area contributed by atoms with Gasteiger partial charge in [-0.3, -0.25) is 0 Å². The number of para-hydroxylation sites is 1. The molecule has 0 aliphatic rings. The van der Waals surface area contributed by atoms with Crippen LogP contribution in [0.4, 0.5) is 0 Å². The number of aromatic nitrogens is 2. The summed E-state index contributed by atoms with van der Waals surface area (Å²) in [5.74, 6) is 0. The van der Waals surface area contributed by atoms with Crippen molar-refractivity contribution in [3.8, 4) is 5.69 Å². The Morgan fingerprint density at radius 3 is 2.69 bits per heavy atom. The first kappa shape index (κ1) is 8.72. The lowest BCUT2D eigenvalue weighted by Gasteiger charge is -1.85. The molecule has 0 saturated carbocycles. The molecule has 0 radical (unpaired) electrons. The molecular weight excluding hydrogens is 200 g/mol. The van der Waals surface area contributed by atoms with Crippen molar-refractivity contribution in [1.82, 2.24) is 5.10 Å². The van der Waals surface area contributed by atoms with E-state index in [-0.39, 0.29) is 0 Å². The second-order valence-electron chi connectivity index (χ2n) is 2.47. The Kier molecular flexibility index (Phi) is 2.61. The Morgan fingerprint density at radius 2 is 2.08 bits per heavy atom. The van der Waals surface area contributed by atoms with Gasteiger partial charge in [-0.25, -0.2) is 0 Å². The fraction of sp³-hybridized carbons (Fsp3) is 0.111. The van der Waals surface area contributed by atoms with Gasteiger partial charge >= 0.3 is 0 Å². The average Bonchev–Trinajstić information content (AvgIpc) is 2.67. The maximum absolute atomic E-state index is 4.40. The summed E-state index contributed by atoms with van der Waals surface area (Å²) in [4.78, 5) is 0. The van der Waals surface area contributed by atoms with Crippen LogP contribution in [-0.2, 0) is 0 Å². The Bertz CT molecular complexity index is 384. The smallest absolute Gasteiger partial charge is 0.0926 e. The van der Waals surface area contributed by atoms with Crippen molar-refractivity contribution in [2.24, 2.45) is 0 Å². The van der Waals surface area contributed by atoms with Gasteiger partial charge in [0.2, 0.25) is 10.0 Å². The minimum Gasteiger partial charge on any atom is -0.0926 e. The molecule has 0 fully saturated rings. The largest absolute Gasteiger partial charge is 0.260 e. The van der Waals surface area contributed by atoms with Gasteiger partial charge in [-0.1, -0.05) is 30.0 Å². The highest BCUT2D eigenvalue weighted by Gasteiger charge is 2.10. The van der Waals surface area contributed by atoms with Crippen LogP contribution in [-0.4, -0.2) is 11.4 Å². The molecule has 0 amide bonds. The van der Waals surface area contributed by atoms with Crippen molar-refractivity contribution in [2.75, 3.05) is 6.26 Å². The molecule has 0 atom stereocenters. The molecule has 0 spiro atoms. The third kappa shape index (κ3) is 1.89. The summed E-state index contributed by atoms with van der Waals surface area (Å²) >= 11 is 3.33. The molecule has 0 bridgehead atoms. The van der Waals surface area contributed by atoms with Crippen LogP contribution in [0.3, 0.4) is 0 Å². The van der Waals surface area contributed by atoms with Crippen molar-refractivity contribution in [3.05, 3.63) is 35.8 Å². The maximum atomic E-state index is 4.40. The van der Waals surface area contributed by atoms with Crippen LogP contribution < -0.4 is 4.68 Å². The fourth-order valence-electron chi connectivity index (χ4n) is 1.02. The number of hydrogen-bond donors (Lipinski definition) is 0. The standard InChI is InChI=1S/C9H9N2S2/c1-12-9-10-11(7-13-9)8-5-3-2-4-6-8/h2-7H,1H3/q+1. The van der Waals surface area contributed by atoms with Gasteiger partial charge in [0.25, 0.3) is 5.51 Å². The van der Waals surface area contributed by atoms with E-state index >= 15 is 0 Å². The highest BCUT2D eigenvalue weighted by Crippen LogP contribution is 2.14. The predicted molar refractivity (Wildman–Crippen MR) is 55.4 cm³/mol. The minimum atomic E-state index is 1.09. The van der Waals surface area contributed by atoms with Crippen LogP contribution in [0, 0.1) is 0 Å². The van der Waals surface area contributed by atoms with E-state index in [1.54, 1.807) is 23.1 Å². The topological polar surface area (TPSA) is 16.8 Å². The second-order valence-corrected chi connectivity index (χ2v) is 4.36. The van der Waals surface area contributed by atoms with Gasteiger partial charge in [0, 0.05) is 17.2 Å². The summed E-state index contributed by atoms with van der Waals surface area (Å²) in [6.07, 6.45) is 2.04. The molecule has 0 aliphatic heterocycles. The van der Waals surface area contributed by atoms with E-state index in [0.29, 0.717) is 0 Å². The zero-order valence-electron chi connectivity index (χ0n) is 7.18. The van der Waals surface area contributed by atoms with Crippen LogP contribution in [0.15, 0.2) is 40.2 Å². The molecule has 13 heavy (non-hydrogen) atoms. The molecule has 0 aliphatic carbocycles. The van der Waals surface area contributed by atoms with Crippen molar-refractivity contribution < 1.29 is 4.68 Å². The van der Waals surface area contributed by atoms with Gasteiger partial charge in [-0.2, -0.15) is 0 Å². The summed E-state index contributed by atoms with van der Waals surface area (Å²) in [5, 5.41) is 4.40. The predicted octanol–water partition coefficient (Wildman–Crippen LogP) is 2.14. The zero-order valence-corrected chi connectivity index (χ0v) is 8.81. The number of nitrogens with zero attached hydrogens (tertiary/aromatic N) is 2. The number of rotatable bonds is 2. The van der Waals surface area contributed by atoms with E-state index < -0.39 is 0 Å². The third-order valence-corrected chi connectivity index (χ3v) is 3.45. The van der Waals surface area contributed by atoms with Crippen molar-refractivity contribution in [3.63, 3.8) is 0 Å². The Hall–Kier alpha value is -0.870. The third-order valence-electron chi connectivity index (χ3n) is 1.64. The molecule has 0 saturated heterocycles. The van der Waals surface area contributed by atoms with E-state index in [2.05, 4.69) is 5.10 Å². The molecule has 1 aromatic heterocycles. The maximum Gasteiger partial charge on any atom is 0.260 e. The van der Waals surface area contributed by atoms with E-state index in [0.717, 1.165) is 10.0 Å². The molecule has 4 heteroatoms. The highest BCUT2D eigenvalue weighted by atomic mass is 32.2. The van der Waals surface area contributed by atoms with E-state index in [4.69, 9.17) is 0 Å². The SMILES string of the molecule is CSc1n[n+](-c2ccccc2)cs1. The molecule has 1 aromatic carbocycles. The van der Waals surface area contributed by atoms with Gasteiger partial charge in [0.15, 0.2) is 0 Å². The Morgan fingerprint density at radius 1 is 1.31 bits per heavy atom. The van der Waals surface area contributed by atoms with Crippen molar-refractivity contribution in [2.45, 2.75) is 4.34 Å². The molecule has 0 unspecified atom stereocenters. The summed E-state index contributed by atoms with van der Waals surface area (Å²) < 4.78 is 2.99. The zero-order chi connectivity index (χ0) is 9.10. The molecule has 0 N–H and O–H groups in total. The summed E-state index contributed by atoms with van der Waals surface area (Å²) in [7, 11) is 0. The van der Waals surface area contributed by atoms with Crippen LogP contribution in [0.5, 0.6) is 0 Å². The summed E-state index contributed by atoms with van der Waals surface area (Å²) in [6, 6.07) is 10.1. The molecule has 2 rings (SSSR count). The highest BCUT2D eigenvalue weighted by molar-refractivity contribution is 8.00. The molecule has 66 valence electrons. The quantitative estimate of drug-likeness (QED) is 0.557. The molecule has 1 heterocycles. The first-order chi connectivity index (χ1) is 6.40. The number of thioether (sulfide) groups is 1. The van der Waals surface area contributed by atoms with Gasteiger partial charge in [-0.15, -0.1) is 0 Å². The first-order valence-corrected chi connectivity index (χ1v) is 5.97. The van der Waals surface area contributed by atoms with Gasteiger partial charge in [0.05, 0.1) is 0 Å². The van der Waals surface area contributed by atoms with Crippen LogP contribution >= 0.6 is 23.1 Å². The van der Waals surface area contributed by atoms with E-state index in [1.807, 2.05) is 46.8 Å². The Labute approximate surface area is 85.2 Å². The lowest BCUT2D eigenvalue weighted by molar-refractivity contribution is -0.656. The van der Waals surface area contributed by atoms with E-state index in [1.165, 1.54) is 0 Å². The first-order valence-electron chi connectivity index (χ1n) is 3.87. The van der Waals surface area contributed by atoms with Gasteiger partial charge in [0.1, 0.15) is 0 Å². The van der Waals surface area contributed by atoms with Crippen molar-refractivity contribution >= 4 is 23.1 Å². The van der Waals surface area contributed by atoms with Crippen LogP contribution in [0.2, 0.25) is 0 Å². The minimum absolute atomic E-state index is 1.09. The lowest BCUT2D eigenvalue weighted by atomic mass is 10.3. The molecule has 2 aromatic rings. The monoisotopic (exact) mass is 209 g/mol. The van der Waals surface area contributed by atoms with Gasteiger partial charge in [-0.05, 0) is 22.3 Å². The van der Waals surface area contributed by atoms with Crippen LogP contribution in [0.1, 0.15) is 0 Å². The van der Waals surface area contributed by atoms with Crippen LogP contribution in [0.25, 0.3) is 5.69 Å². The summed E-state index contributed by atoms with van der Waals surface area (Å²) in [6.45, 7) is 0. The number of benzene rings is 1.